The summed E-state index contributed by atoms with van der Waals surface area (Å²) < 4.78 is 48.8. The number of phenols is 1. The molecule has 0 amide bonds. The lowest BCUT2D eigenvalue weighted by molar-refractivity contribution is -0.157. The van der Waals surface area contributed by atoms with Crippen LogP contribution in [0.25, 0.3) is 0 Å². The van der Waals surface area contributed by atoms with Crippen molar-refractivity contribution < 1.29 is 27.4 Å². The molecule has 0 aliphatic heterocycles. The zero-order valence-corrected chi connectivity index (χ0v) is 20.8. The molecule has 0 aliphatic carbocycles. The molecule has 2 atom stereocenters. The molecule has 6 nitrogen and oxygen atoms in total. The van der Waals surface area contributed by atoms with Gasteiger partial charge in [-0.3, -0.25) is 4.79 Å². The van der Waals surface area contributed by atoms with Crippen LogP contribution in [-0.4, -0.2) is 31.1 Å². The molecule has 0 aromatic heterocycles. The minimum absolute atomic E-state index is 0.178. The van der Waals surface area contributed by atoms with E-state index in [1.54, 1.807) is 47.6 Å². The number of carbonyl (C=O) groups excluding carboxylic acids is 1. The predicted molar refractivity (Wildman–Crippen MR) is 122 cm³/mol. The average Bonchev–Trinajstić information content (AvgIpc) is 2.65. The van der Waals surface area contributed by atoms with Gasteiger partial charge in [-0.05, 0) is 76.4 Å². The summed E-state index contributed by atoms with van der Waals surface area (Å²) in [5.41, 5.74) is 0.886. The maximum absolute atomic E-state index is 14.8. The fourth-order valence-electron chi connectivity index (χ4n) is 3.35. The highest BCUT2D eigenvalue weighted by Gasteiger charge is 2.37. The molecule has 9 heteroatoms. The topological polar surface area (TPSA) is 92.7 Å². The number of phenolic OH excluding ortho intramolecular Hbond substituents is 1. The lowest BCUT2D eigenvalue weighted by Gasteiger charge is -2.29. The van der Waals surface area contributed by atoms with Crippen LogP contribution >= 0.6 is 11.6 Å². The fraction of sp³-hybridized carbons (Fsp3) is 0.435. The molecule has 0 saturated heterocycles. The zero-order valence-electron chi connectivity index (χ0n) is 19.2. The minimum Gasteiger partial charge on any atom is -0.506 e. The lowest BCUT2D eigenvalue weighted by atomic mass is 9.88. The molecule has 1 unspecified atom stereocenters. The zero-order chi connectivity index (χ0) is 24.6. The second-order valence-corrected chi connectivity index (χ2v) is 10.9. The molecule has 2 rings (SSSR count). The highest BCUT2D eigenvalue weighted by Crippen LogP contribution is 2.34. The van der Waals surface area contributed by atoms with Gasteiger partial charge in [-0.1, -0.05) is 24.6 Å². The average molecular weight is 486 g/mol. The van der Waals surface area contributed by atoms with Crippen molar-refractivity contribution in [1.29, 1.82) is 0 Å². The first-order valence-electron chi connectivity index (χ1n) is 10.1. The van der Waals surface area contributed by atoms with Gasteiger partial charge in [-0.25, -0.2) is 12.8 Å². The first kappa shape index (κ1) is 26.1. The van der Waals surface area contributed by atoms with Gasteiger partial charge >= 0.3 is 5.97 Å². The van der Waals surface area contributed by atoms with E-state index >= 15 is 0 Å². The van der Waals surface area contributed by atoms with Crippen LogP contribution < -0.4 is 4.72 Å². The summed E-state index contributed by atoms with van der Waals surface area (Å²) in [7, 11) is -4.40. The SMILES string of the molecule is Cc1ccc(F)c(C(C)[C@H](NS(=O)(=O)c2ccc(Cl)c(C)c2O)C(=O)OC(C)(C)C)c1C. The van der Waals surface area contributed by atoms with E-state index in [2.05, 4.69) is 4.72 Å². The molecule has 0 fully saturated rings. The third-order valence-corrected chi connectivity index (χ3v) is 7.13. The van der Waals surface area contributed by atoms with E-state index in [9.17, 15) is 22.7 Å². The Morgan fingerprint density at radius 1 is 1.12 bits per heavy atom. The van der Waals surface area contributed by atoms with Crippen molar-refractivity contribution in [3.05, 3.63) is 57.4 Å². The molecule has 0 saturated carbocycles. The Balaban J connectivity index is 2.59. The molecular weight excluding hydrogens is 457 g/mol. The van der Waals surface area contributed by atoms with E-state index in [0.717, 1.165) is 11.6 Å². The summed E-state index contributed by atoms with van der Waals surface area (Å²) >= 11 is 5.95. The Hall–Kier alpha value is -2.16. The largest absolute Gasteiger partial charge is 0.506 e. The number of esters is 1. The second kappa shape index (κ2) is 9.37. The van der Waals surface area contributed by atoms with E-state index in [1.165, 1.54) is 19.1 Å². The van der Waals surface area contributed by atoms with Gasteiger partial charge in [-0.15, -0.1) is 0 Å². The number of halogens is 2. The quantitative estimate of drug-likeness (QED) is 0.567. The number of aryl methyl sites for hydroxylation is 1. The van der Waals surface area contributed by atoms with Gasteiger partial charge in [0.2, 0.25) is 10.0 Å². The number of ether oxygens (including phenoxy) is 1. The van der Waals surface area contributed by atoms with Crippen LogP contribution in [0.15, 0.2) is 29.2 Å². The summed E-state index contributed by atoms with van der Waals surface area (Å²) in [4.78, 5) is 12.6. The van der Waals surface area contributed by atoms with Crippen LogP contribution in [0.5, 0.6) is 5.75 Å². The maximum atomic E-state index is 14.8. The summed E-state index contributed by atoms with van der Waals surface area (Å²) in [6.45, 7) is 11.5. The Bertz CT molecular complexity index is 1140. The van der Waals surface area contributed by atoms with Crippen LogP contribution in [0.4, 0.5) is 4.39 Å². The first-order valence-corrected chi connectivity index (χ1v) is 11.9. The third-order valence-electron chi connectivity index (χ3n) is 5.25. The van der Waals surface area contributed by atoms with E-state index in [0.29, 0.717) is 5.56 Å². The molecule has 0 spiro atoms. The monoisotopic (exact) mass is 485 g/mol. The predicted octanol–water partition coefficient (Wildman–Crippen LogP) is 4.90. The normalized spacial score (nSPS) is 14.2. The Labute approximate surface area is 193 Å². The molecule has 0 bridgehead atoms. The first-order chi connectivity index (χ1) is 14.6. The van der Waals surface area contributed by atoms with E-state index in [4.69, 9.17) is 16.3 Å². The second-order valence-electron chi connectivity index (χ2n) is 8.84. The van der Waals surface area contributed by atoms with E-state index in [-0.39, 0.29) is 16.1 Å². The van der Waals surface area contributed by atoms with Crippen molar-refractivity contribution in [3.63, 3.8) is 0 Å². The van der Waals surface area contributed by atoms with Crippen molar-refractivity contribution >= 4 is 27.6 Å². The number of benzene rings is 2. The highest BCUT2D eigenvalue weighted by molar-refractivity contribution is 7.89. The molecule has 0 radical (unpaired) electrons. The molecule has 0 aliphatic rings. The highest BCUT2D eigenvalue weighted by atomic mass is 35.5. The van der Waals surface area contributed by atoms with Gasteiger partial charge in [0.05, 0.1) is 0 Å². The Kier molecular flexibility index (Phi) is 7.64. The molecule has 2 aromatic rings. The molecular formula is C23H29ClFNO5S. The Morgan fingerprint density at radius 3 is 2.28 bits per heavy atom. The van der Waals surface area contributed by atoms with Gasteiger partial charge in [-0.2, -0.15) is 4.72 Å². The van der Waals surface area contributed by atoms with Gasteiger partial charge in [0.1, 0.15) is 28.1 Å². The van der Waals surface area contributed by atoms with E-state index in [1.807, 2.05) is 0 Å². The maximum Gasteiger partial charge on any atom is 0.325 e. The lowest BCUT2D eigenvalue weighted by Crippen LogP contribution is -2.47. The molecule has 176 valence electrons. The van der Waals surface area contributed by atoms with Crippen LogP contribution in [0.2, 0.25) is 5.02 Å². The van der Waals surface area contributed by atoms with Crippen molar-refractivity contribution in [1.82, 2.24) is 4.72 Å². The summed E-state index contributed by atoms with van der Waals surface area (Å²) in [6, 6.07) is 3.92. The number of hydrogen-bond donors (Lipinski definition) is 2. The summed E-state index contributed by atoms with van der Waals surface area (Å²) in [5.74, 6) is -2.86. The van der Waals surface area contributed by atoms with Crippen molar-refractivity contribution in [2.75, 3.05) is 0 Å². The number of hydrogen-bond acceptors (Lipinski definition) is 5. The number of carbonyl (C=O) groups is 1. The minimum atomic E-state index is -4.40. The van der Waals surface area contributed by atoms with Crippen LogP contribution in [-0.2, 0) is 19.6 Å². The summed E-state index contributed by atoms with van der Waals surface area (Å²) in [6.07, 6.45) is 0. The fourth-order valence-corrected chi connectivity index (χ4v) is 4.92. The standard InChI is InChI=1S/C23H29ClFNO5S/c1-12-8-10-17(25)19(13(12)2)15(4)20(22(28)31-23(5,6)7)26-32(29,30)18-11-9-16(24)14(3)21(18)27/h8-11,15,20,26-27H,1-7H3/t15?,20-/m0/s1. The smallest absolute Gasteiger partial charge is 0.325 e. The van der Waals surface area contributed by atoms with Crippen LogP contribution in [0, 0.1) is 26.6 Å². The van der Waals surface area contributed by atoms with Gasteiger partial charge in [0, 0.05) is 16.5 Å². The van der Waals surface area contributed by atoms with Crippen molar-refractivity contribution in [2.24, 2.45) is 0 Å². The van der Waals surface area contributed by atoms with Crippen molar-refractivity contribution in [2.45, 2.75) is 70.9 Å². The van der Waals surface area contributed by atoms with E-state index < -0.39 is 50.0 Å². The Morgan fingerprint density at radius 2 is 1.72 bits per heavy atom. The van der Waals surface area contributed by atoms with Gasteiger partial charge < -0.3 is 9.84 Å². The van der Waals surface area contributed by atoms with Gasteiger partial charge in [0.15, 0.2) is 0 Å². The third kappa shape index (κ3) is 5.60. The molecule has 32 heavy (non-hydrogen) atoms. The van der Waals surface area contributed by atoms with Crippen molar-refractivity contribution in [3.8, 4) is 5.75 Å². The molecule has 0 heterocycles. The van der Waals surface area contributed by atoms with Gasteiger partial charge in [0.25, 0.3) is 0 Å². The molecule has 2 aromatic carbocycles. The number of sulfonamides is 1. The number of rotatable bonds is 6. The number of nitrogens with one attached hydrogen (secondary N) is 1. The van der Waals surface area contributed by atoms with Crippen LogP contribution in [0.3, 0.4) is 0 Å². The molecule has 2 N–H and O–H groups in total. The number of aromatic hydroxyl groups is 1. The summed E-state index contributed by atoms with van der Waals surface area (Å²) in [5, 5.41) is 10.5. The van der Waals surface area contributed by atoms with Crippen LogP contribution in [0.1, 0.15) is 55.9 Å².